The molecule has 0 amide bonds. The number of nitrogens with zero attached hydrogens (tertiary/aromatic N) is 1. The summed E-state index contributed by atoms with van der Waals surface area (Å²) in [4.78, 5) is 0. The summed E-state index contributed by atoms with van der Waals surface area (Å²) in [6.45, 7) is 0.402. The van der Waals surface area contributed by atoms with Crippen LogP contribution in [0.1, 0.15) is 18.5 Å². The molecule has 3 nitrogen and oxygen atoms in total. The van der Waals surface area contributed by atoms with Crippen molar-refractivity contribution in [1.82, 2.24) is 5.32 Å². The van der Waals surface area contributed by atoms with Gasteiger partial charge in [-0.1, -0.05) is 12.1 Å². The molecule has 0 saturated heterocycles. The minimum Gasteiger partial charge on any atom is -0.479 e. The van der Waals surface area contributed by atoms with E-state index in [-0.39, 0.29) is 6.61 Å². The Kier molecular flexibility index (Phi) is 5.77. The summed E-state index contributed by atoms with van der Waals surface area (Å²) in [5.41, 5.74) is 0.652. The third kappa shape index (κ3) is 4.70. The van der Waals surface area contributed by atoms with E-state index in [4.69, 9.17) is 10.00 Å². The van der Waals surface area contributed by atoms with Gasteiger partial charge in [-0.3, -0.25) is 0 Å². The van der Waals surface area contributed by atoms with Crippen molar-refractivity contribution < 1.29 is 22.3 Å². The van der Waals surface area contributed by atoms with Crippen LogP contribution < -0.4 is 10.1 Å². The number of halogens is 4. The molecule has 1 rings (SSSR count). The van der Waals surface area contributed by atoms with E-state index in [0.29, 0.717) is 11.3 Å². The van der Waals surface area contributed by atoms with Crippen molar-refractivity contribution in [2.24, 2.45) is 0 Å². The lowest BCUT2D eigenvalue weighted by atomic mass is 10.1. The van der Waals surface area contributed by atoms with Crippen LogP contribution in [-0.4, -0.2) is 25.5 Å². The van der Waals surface area contributed by atoms with Gasteiger partial charge in [-0.15, -0.1) is 0 Å². The first-order chi connectivity index (χ1) is 9.36. The molecule has 0 saturated carbocycles. The molecule has 0 spiro atoms. The number of rotatable bonds is 7. The Morgan fingerprint density at radius 3 is 2.40 bits per heavy atom. The second-order valence-electron chi connectivity index (χ2n) is 4.18. The Balaban J connectivity index is 2.56. The van der Waals surface area contributed by atoms with Gasteiger partial charge >= 0.3 is 12.3 Å². The van der Waals surface area contributed by atoms with Crippen LogP contribution in [0.4, 0.5) is 17.6 Å². The van der Waals surface area contributed by atoms with Crippen LogP contribution in [0.5, 0.6) is 5.75 Å². The quantitative estimate of drug-likeness (QED) is 0.785. The number of hydrogen-bond acceptors (Lipinski definition) is 3. The maximum atomic E-state index is 12.8. The van der Waals surface area contributed by atoms with E-state index in [1.165, 1.54) is 0 Å². The molecule has 0 aliphatic carbocycles. The maximum Gasteiger partial charge on any atom is 0.319 e. The third-order valence-electron chi connectivity index (χ3n) is 2.65. The molecule has 0 aliphatic rings. The van der Waals surface area contributed by atoms with Gasteiger partial charge in [-0.2, -0.15) is 14.0 Å². The number of nitrogens with one attached hydrogen (secondary N) is 1. The van der Waals surface area contributed by atoms with Gasteiger partial charge in [0.1, 0.15) is 11.8 Å². The monoisotopic (exact) mass is 290 g/mol. The van der Waals surface area contributed by atoms with Gasteiger partial charge in [0.05, 0.1) is 6.54 Å². The number of alkyl halides is 4. The number of benzene rings is 1. The zero-order valence-electron chi connectivity index (χ0n) is 10.7. The van der Waals surface area contributed by atoms with Crippen molar-refractivity contribution in [1.29, 1.82) is 5.26 Å². The van der Waals surface area contributed by atoms with Crippen LogP contribution in [0.25, 0.3) is 0 Å². The molecule has 0 bridgehead atoms. The second kappa shape index (κ2) is 7.10. The zero-order valence-corrected chi connectivity index (χ0v) is 10.7. The lowest BCUT2D eigenvalue weighted by Gasteiger charge is -2.20. The lowest BCUT2D eigenvalue weighted by Crippen LogP contribution is -2.39. The van der Waals surface area contributed by atoms with Crippen molar-refractivity contribution in [2.45, 2.75) is 25.3 Å². The van der Waals surface area contributed by atoms with Crippen LogP contribution in [-0.2, 0) is 0 Å². The first kappa shape index (κ1) is 16.2. The van der Waals surface area contributed by atoms with Gasteiger partial charge in [0.25, 0.3) is 0 Å². The fourth-order valence-corrected chi connectivity index (χ4v) is 1.45. The molecule has 0 aliphatic heterocycles. The summed E-state index contributed by atoms with van der Waals surface area (Å²) < 4.78 is 54.6. The van der Waals surface area contributed by atoms with Crippen LogP contribution in [0, 0.1) is 11.3 Å². The SMILES string of the molecule is CC(NCC(F)(F)C(F)F)c1ccc(OCC#N)cc1. The van der Waals surface area contributed by atoms with Crippen LogP contribution in [0.3, 0.4) is 0 Å². The zero-order chi connectivity index (χ0) is 15.2. The molecule has 1 aromatic rings. The largest absolute Gasteiger partial charge is 0.479 e. The summed E-state index contributed by atoms with van der Waals surface area (Å²) >= 11 is 0. The Hall–Kier alpha value is -1.81. The van der Waals surface area contributed by atoms with Gasteiger partial charge in [0.2, 0.25) is 0 Å². The van der Waals surface area contributed by atoms with E-state index in [1.807, 2.05) is 6.07 Å². The van der Waals surface area contributed by atoms with Crippen LogP contribution >= 0.6 is 0 Å². The lowest BCUT2D eigenvalue weighted by molar-refractivity contribution is -0.126. The summed E-state index contributed by atoms with van der Waals surface area (Å²) in [6.07, 6.45) is -3.69. The second-order valence-corrected chi connectivity index (χ2v) is 4.18. The summed E-state index contributed by atoms with van der Waals surface area (Å²) in [6, 6.07) is 7.69. The highest BCUT2D eigenvalue weighted by atomic mass is 19.3. The Labute approximate surface area is 114 Å². The van der Waals surface area contributed by atoms with E-state index >= 15 is 0 Å². The molecular formula is C13H14F4N2O. The molecular weight excluding hydrogens is 276 g/mol. The molecule has 0 radical (unpaired) electrons. The van der Waals surface area contributed by atoms with Gasteiger partial charge in [0.15, 0.2) is 6.61 Å². The average Bonchev–Trinajstić information content (AvgIpc) is 2.43. The summed E-state index contributed by atoms with van der Waals surface area (Å²) in [5, 5.41) is 10.7. The predicted octanol–water partition coefficient (Wildman–Crippen LogP) is 3.14. The average molecular weight is 290 g/mol. The topological polar surface area (TPSA) is 45.0 Å². The van der Waals surface area contributed by atoms with Crippen LogP contribution in [0.15, 0.2) is 24.3 Å². The summed E-state index contributed by atoms with van der Waals surface area (Å²) in [7, 11) is 0. The summed E-state index contributed by atoms with van der Waals surface area (Å²) in [5.74, 6) is -3.58. The molecule has 1 atom stereocenters. The van der Waals surface area contributed by atoms with Crippen molar-refractivity contribution in [3.63, 3.8) is 0 Å². The molecule has 7 heteroatoms. The van der Waals surface area contributed by atoms with Gasteiger partial charge < -0.3 is 10.1 Å². The first-order valence-electron chi connectivity index (χ1n) is 5.86. The van der Waals surface area contributed by atoms with E-state index in [2.05, 4.69) is 5.32 Å². The highest BCUT2D eigenvalue weighted by Crippen LogP contribution is 2.23. The molecule has 1 unspecified atom stereocenters. The Morgan fingerprint density at radius 1 is 1.30 bits per heavy atom. The van der Waals surface area contributed by atoms with E-state index in [1.54, 1.807) is 31.2 Å². The van der Waals surface area contributed by atoms with Crippen molar-refractivity contribution in [2.75, 3.05) is 13.2 Å². The van der Waals surface area contributed by atoms with E-state index < -0.39 is 24.9 Å². The molecule has 1 N–H and O–H groups in total. The number of hydrogen-bond donors (Lipinski definition) is 1. The van der Waals surface area contributed by atoms with Crippen molar-refractivity contribution in [3.8, 4) is 11.8 Å². The number of nitriles is 1. The van der Waals surface area contributed by atoms with Gasteiger partial charge in [-0.25, -0.2) is 8.78 Å². The molecule has 1 aromatic carbocycles. The number of ether oxygens (including phenoxy) is 1. The fourth-order valence-electron chi connectivity index (χ4n) is 1.45. The van der Waals surface area contributed by atoms with Crippen molar-refractivity contribution >= 4 is 0 Å². The standard InChI is InChI=1S/C13H14F4N2O/c1-9(19-8-13(16,17)12(14)15)10-2-4-11(5-3-10)20-7-6-18/h2-5,9,12,19H,7-8H2,1H3. The van der Waals surface area contributed by atoms with Crippen molar-refractivity contribution in [3.05, 3.63) is 29.8 Å². The van der Waals surface area contributed by atoms with Gasteiger partial charge in [-0.05, 0) is 24.6 Å². The third-order valence-corrected chi connectivity index (χ3v) is 2.65. The molecule has 110 valence electrons. The minimum absolute atomic E-state index is 0.0895. The molecule has 0 heterocycles. The Morgan fingerprint density at radius 2 is 1.90 bits per heavy atom. The van der Waals surface area contributed by atoms with Gasteiger partial charge in [0, 0.05) is 6.04 Å². The molecule has 0 aromatic heterocycles. The molecule has 20 heavy (non-hydrogen) atoms. The minimum atomic E-state index is -4.05. The van der Waals surface area contributed by atoms with E-state index in [9.17, 15) is 17.6 Å². The molecule has 0 fully saturated rings. The maximum absolute atomic E-state index is 12.8. The smallest absolute Gasteiger partial charge is 0.319 e. The van der Waals surface area contributed by atoms with Crippen LogP contribution in [0.2, 0.25) is 0 Å². The predicted molar refractivity (Wildman–Crippen MR) is 64.9 cm³/mol. The highest BCUT2D eigenvalue weighted by molar-refractivity contribution is 5.29. The van der Waals surface area contributed by atoms with E-state index in [0.717, 1.165) is 0 Å². The normalized spacial score (nSPS) is 13.1. The highest BCUT2D eigenvalue weighted by Gasteiger charge is 2.40. The first-order valence-corrected chi connectivity index (χ1v) is 5.86. The fraction of sp³-hybridized carbons (Fsp3) is 0.462. The Bertz CT molecular complexity index is 456.